The van der Waals surface area contributed by atoms with Gasteiger partial charge in [-0.15, -0.1) is 11.8 Å². The van der Waals surface area contributed by atoms with Crippen LogP contribution < -0.4 is 5.32 Å². The monoisotopic (exact) mass is 307 g/mol. The summed E-state index contributed by atoms with van der Waals surface area (Å²) >= 11 is 1.47. The minimum absolute atomic E-state index is 0.157. The number of hydrogen-bond donors (Lipinski definition) is 1. The molecule has 0 unspecified atom stereocenters. The molecule has 6 heteroatoms. The molecule has 2 nitrogen and oxygen atoms in total. The highest BCUT2D eigenvalue weighted by atomic mass is 32.2. The molecular formula is C14H20F3NOS. The van der Waals surface area contributed by atoms with Crippen LogP contribution in [0.2, 0.25) is 0 Å². The average molecular weight is 307 g/mol. The van der Waals surface area contributed by atoms with Gasteiger partial charge in [0.2, 0.25) is 0 Å². The molecule has 0 spiro atoms. The molecule has 1 aromatic carbocycles. The summed E-state index contributed by atoms with van der Waals surface area (Å²) in [4.78, 5) is 1.01. The van der Waals surface area contributed by atoms with Crippen LogP contribution in [0.15, 0.2) is 29.2 Å². The molecule has 0 aliphatic carbocycles. The van der Waals surface area contributed by atoms with Crippen molar-refractivity contribution in [2.24, 2.45) is 0 Å². The van der Waals surface area contributed by atoms with Gasteiger partial charge in [0.25, 0.3) is 0 Å². The third kappa shape index (κ3) is 8.45. The number of halogens is 3. The van der Waals surface area contributed by atoms with E-state index >= 15 is 0 Å². The van der Waals surface area contributed by atoms with Gasteiger partial charge in [-0.05, 0) is 29.9 Å². The van der Waals surface area contributed by atoms with Gasteiger partial charge in [-0.25, -0.2) is 0 Å². The summed E-state index contributed by atoms with van der Waals surface area (Å²) in [6.07, 6.45) is -4.60. The van der Waals surface area contributed by atoms with E-state index in [1.165, 1.54) is 11.8 Å². The second-order valence-corrected chi connectivity index (χ2v) is 5.55. The Hall–Kier alpha value is -0.720. The van der Waals surface area contributed by atoms with Crippen LogP contribution in [0, 0.1) is 0 Å². The standard InChI is InChI=1S/C14H20F3NOS/c1-19-8-7-18-11-12-4-2-5-13(10-12)20-9-3-6-14(15,16)17/h2,4-5,10,18H,3,6-9,11H2,1H3. The SMILES string of the molecule is COCCNCc1cccc(SCCCC(F)(F)F)c1. The third-order valence-corrected chi connectivity index (χ3v) is 3.66. The van der Waals surface area contributed by atoms with E-state index in [0.717, 1.165) is 23.5 Å². The van der Waals surface area contributed by atoms with Crippen molar-refractivity contribution < 1.29 is 17.9 Å². The molecule has 0 bridgehead atoms. The predicted molar refractivity (Wildman–Crippen MR) is 76.0 cm³/mol. The maximum Gasteiger partial charge on any atom is 0.389 e. The van der Waals surface area contributed by atoms with Crippen molar-refractivity contribution in [1.82, 2.24) is 5.32 Å². The highest BCUT2D eigenvalue weighted by Gasteiger charge is 2.25. The molecule has 0 radical (unpaired) electrons. The van der Waals surface area contributed by atoms with Gasteiger partial charge in [0.05, 0.1) is 6.61 Å². The number of alkyl halides is 3. The summed E-state index contributed by atoms with van der Waals surface area (Å²) in [5.41, 5.74) is 1.13. The van der Waals surface area contributed by atoms with Gasteiger partial charge in [0.1, 0.15) is 0 Å². The zero-order valence-electron chi connectivity index (χ0n) is 11.5. The molecule has 114 valence electrons. The Morgan fingerprint density at radius 2 is 2.10 bits per heavy atom. The van der Waals surface area contributed by atoms with Crippen LogP contribution in [0.5, 0.6) is 0 Å². The van der Waals surface area contributed by atoms with E-state index in [1.807, 2.05) is 24.3 Å². The summed E-state index contributed by atoms with van der Waals surface area (Å²) in [5.74, 6) is 0.486. The molecule has 0 amide bonds. The fraction of sp³-hybridized carbons (Fsp3) is 0.571. The van der Waals surface area contributed by atoms with E-state index in [2.05, 4.69) is 5.32 Å². The van der Waals surface area contributed by atoms with Crippen LogP contribution in [-0.4, -0.2) is 32.2 Å². The number of rotatable bonds is 9. The molecule has 0 saturated heterocycles. The summed E-state index contributed by atoms with van der Waals surface area (Å²) in [6, 6.07) is 7.87. The maximum absolute atomic E-state index is 12.0. The number of thioether (sulfide) groups is 1. The van der Waals surface area contributed by atoms with Gasteiger partial charge in [-0.1, -0.05) is 12.1 Å². The fourth-order valence-electron chi connectivity index (χ4n) is 1.61. The van der Waals surface area contributed by atoms with Crippen molar-refractivity contribution in [2.45, 2.75) is 30.5 Å². The Kier molecular flexibility index (Phi) is 8.02. The first-order valence-electron chi connectivity index (χ1n) is 6.49. The number of ether oxygens (including phenoxy) is 1. The van der Waals surface area contributed by atoms with E-state index in [-0.39, 0.29) is 6.42 Å². The lowest BCUT2D eigenvalue weighted by Crippen LogP contribution is -2.18. The quantitative estimate of drug-likeness (QED) is 0.553. The zero-order chi connectivity index (χ0) is 14.8. The second-order valence-electron chi connectivity index (χ2n) is 4.38. The van der Waals surface area contributed by atoms with E-state index in [9.17, 15) is 13.2 Å². The van der Waals surface area contributed by atoms with Gasteiger partial charge in [-0.3, -0.25) is 0 Å². The highest BCUT2D eigenvalue weighted by molar-refractivity contribution is 7.99. The van der Waals surface area contributed by atoms with Gasteiger partial charge < -0.3 is 10.1 Å². The summed E-state index contributed by atoms with van der Waals surface area (Å²) < 4.78 is 41.0. The van der Waals surface area contributed by atoms with Crippen LogP contribution in [0.4, 0.5) is 13.2 Å². The van der Waals surface area contributed by atoms with Crippen molar-refractivity contribution in [3.05, 3.63) is 29.8 Å². The normalized spacial score (nSPS) is 11.8. The van der Waals surface area contributed by atoms with E-state index in [1.54, 1.807) is 7.11 Å². The minimum atomic E-state index is -4.05. The van der Waals surface area contributed by atoms with Crippen LogP contribution in [0.25, 0.3) is 0 Å². The van der Waals surface area contributed by atoms with Crippen LogP contribution in [0.3, 0.4) is 0 Å². The minimum Gasteiger partial charge on any atom is -0.383 e. The Bertz CT molecular complexity index is 385. The number of methoxy groups -OCH3 is 1. The first-order chi connectivity index (χ1) is 9.51. The van der Waals surface area contributed by atoms with Crippen molar-refractivity contribution in [3.63, 3.8) is 0 Å². The molecule has 0 saturated carbocycles. The highest BCUT2D eigenvalue weighted by Crippen LogP contribution is 2.25. The van der Waals surface area contributed by atoms with Gasteiger partial charge in [0, 0.05) is 31.5 Å². The van der Waals surface area contributed by atoms with Gasteiger partial charge in [-0.2, -0.15) is 13.2 Å². The Morgan fingerprint density at radius 1 is 1.30 bits per heavy atom. The lowest BCUT2D eigenvalue weighted by Gasteiger charge is -2.08. The number of nitrogens with one attached hydrogen (secondary N) is 1. The Morgan fingerprint density at radius 3 is 2.80 bits per heavy atom. The van der Waals surface area contributed by atoms with Crippen LogP contribution in [0.1, 0.15) is 18.4 Å². The molecule has 1 rings (SSSR count). The lowest BCUT2D eigenvalue weighted by atomic mass is 10.2. The molecule has 0 aliphatic rings. The fourth-order valence-corrected chi connectivity index (χ4v) is 2.55. The third-order valence-electron chi connectivity index (χ3n) is 2.58. The molecule has 0 aromatic heterocycles. The Labute approximate surface area is 122 Å². The summed E-state index contributed by atoms with van der Waals surface area (Å²) in [7, 11) is 1.65. The maximum atomic E-state index is 12.0. The van der Waals surface area contributed by atoms with Crippen LogP contribution >= 0.6 is 11.8 Å². The van der Waals surface area contributed by atoms with Crippen molar-refractivity contribution >= 4 is 11.8 Å². The topological polar surface area (TPSA) is 21.3 Å². The summed E-state index contributed by atoms with van der Waals surface area (Å²) in [5, 5.41) is 3.23. The molecule has 0 atom stereocenters. The Balaban J connectivity index is 2.28. The smallest absolute Gasteiger partial charge is 0.383 e. The van der Waals surface area contributed by atoms with Crippen LogP contribution in [-0.2, 0) is 11.3 Å². The molecule has 1 N–H and O–H groups in total. The van der Waals surface area contributed by atoms with Crippen molar-refractivity contribution in [1.29, 1.82) is 0 Å². The van der Waals surface area contributed by atoms with E-state index < -0.39 is 12.6 Å². The average Bonchev–Trinajstić information content (AvgIpc) is 2.39. The number of hydrogen-bond acceptors (Lipinski definition) is 3. The van der Waals surface area contributed by atoms with Crippen molar-refractivity contribution in [2.75, 3.05) is 26.0 Å². The van der Waals surface area contributed by atoms with E-state index in [4.69, 9.17) is 4.74 Å². The van der Waals surface area contributed by atoms with E-state index in [0.29, 0.717) is 12.4 Å². The molecular weight excluding hydrogens is 287 g/mol. The van der Waals surface area contributed by atoms with Gasteiger partial charge >= 0.3 is 6.18 Å². The first-order valence-corrected chi connectivity index (χ1v) is 7.48. The molecule has 1 aromatic rings. The first kappa shape index (κ1) is 17.3. The summed E-state index contributed by atoms with van der Waals surface area (Å²) in [6.45, 7) is 2.17. The van der Waals surface area contributed by atoms with Crippen molar-refractivity contribution in [3.8, 4) is 0 Å². The molecule has 0 fully saturated rings. The second kappa shape index (κ2) is 9.26. The zero-order valence-corrected chi connectivity index (χ0v) is 12.3. The predicted octanol–water partition coefficient (Wildman–Crippen LogP) is 3.86. The van der Waals surface area contributed by atoms with Gasteiger partial charge in [0.15, 0.2) is 0 Å². The molecule has 0 aliphatic heterocycles. The largest absolute Gasteiger partial charge is 0.389 e. The number of benzene rings is 1. The molecule has 20 heavy (non-hydrogen) atoms. The lowest BCUT2D eigenvalue weighted by molar-refractivity contribution is -0.134. The molecule has 0 heterocycles.